The second kappa shape index (κ2) is 7.45. The highest BCUT2D eigenvalue weighted by atomic mass is 19.4. The minimum atomic E-state index is -4.47. The molecule has 2 aromatic heterocycles. The van der Waals surface area contributed by atoms with Gasteiger partial charge in [0.25, 0.3) is 5.91 Å². The van der Waals surface area contributed by atoms with Crippen LogP contribution >= 0.6 is 0 Å². The van der Waals surface area contributed by atoms with Gasteiger partial charge in [-0.1, -0.05) is 0 Å². The van der Waals surface area contributed by atoms with Crippen molar-refractivity contribution in [2.45, 2.75) is 19.1 Å². The number of ether oxygens (including phenoxy) is 1. The zero-order chi connectivity index (χ0) is 20.5. The summed E-state index contributed by atoms with van der Waals surface area (Å²) in [5, 5.41) is 0.691. The van der Waals surface area contributed by atoms with Crippen molar-refractivity contribution in [2.24, 2.45) is 0 Å². The highest BCUT2D eigenvalue weighted by Gasteiger charge is 2.29. The Bertz CT molecular complexity index is 985. The lowest BCUT2D eigenvalue weighted by molar-refractivity contribution is -0.154. The minimum absolute atomic E-state index is 0.264. The van der Waals surface area contributed by atoms with E-state index >= 15 is 0 Å². The van der Waals surface area contributed by atoms with Gasteiger partial charge < -0.3 is 14.6 Å². The monoisotopic (exact) mass is 396 g/mol. The summed E-state index contributed by atoms with van der Waals surface area (Å²) in [6, 6.07) is 5.25. The number of nitrogens with one attached hydrogen (secondary N) is 1. The maximum absolute atomic E-state index is 13.3. The number of carbonyl (C=O) groups is 1. The molecule has 0 fully saturated rings. The number of alkyl halides is 3. The molecule has 0 aliphatic heterocycles. The second-order valence-electron chi connectivity index (χ2n) is 6.19. The summed E-state index contributed by atoms with van der Waals surface area (Å²) in [6.45, 7) is 0.233. The van der Waals surface area contributed by atoms with Crippen molar-refractivity contribution in [3.05, 3.63) is 53.9 Å². The number of rotatable bonds is 5. The fourth-order valence-electron chi connectivity index (χ4n) is 2.55. The highest BCUT2D eigenvalue weighted by Crippen LogP contribution is 2.23. The Morgan fingerprint density at radius 2 is 2.00 bits per heavy atom. The molecule has 1 atom stereocenters. The van der Waals surface area contributed by atoms with Gasteiger partial charge in [-0.15, -0.1) is 0 Å². The fourth-order valence-corrected chi connectivity index (χ4v) is 2.55. The molecule has 3 rings (SSSR count). The molecule has 1 aromatic carbocycles. The molecule has 1 N–H and O–H groups in total. The third kappa shape index (κ3) is 4.38. The quantitative estimate of drug-likeness (QED) is 0.665. The molecule has 0 aliphatic carbocycles. The van der Waals surface area contributed by atoms with E-state index in [1.54, 1.807) is 26.1 Å². The van der Waals surface area contributed by atoms with E-state index in [1.165, 1.54) is 23.2 Å². The average Bonchev–Trinajstić information content (AvgIpc) is 3.07. The normalized spacial score (nSPS) is 12.8. The van der Waals surface area contributed by atoms with Gasteiger partial charge in [-0.25, -0.2) is 9.37 Å². The van der Waals surface area contributed by atoms with Gasteiger partial charge in [0.15, 0.2) is 6.61 Å². The van der Waals surface area contributed by atoms with Crippen LogP contribution in [-0.2, 0) is 0 Å². The lowest BCUT2D eigenvalue weighted by atomic mass is 10.2. The van der Waals surface area contributed by atoms with E-state index in [9.17, 15) is 22.4 Å². The van der Waals surface area contributed by atoms with Gasteiger partial charge in [0.05, 0.1) is 24.1 Å². The molecular formula is C18H16F4N4O2. The minimum Gasteiger partial charge on any atom is -0.467 e. The number of nitrogens with zero attached hydrogens (tertiary/aromatic N) is 3. The Morgan fingerprint density at radius 3 is 2.64 bits per heavy atom. The first-order valence-electron chi connectivity index (χ1n) is 8.21. The van der Waals surface area contributed by atoms with Gasteiger partial charge in [0, 0.05) is 18.0 Å². The molecule has 0 unspecified atom stereocenters. The summed E-state index contributed by atoms with van der Waals surface area (Å²) in [5.41, 5.74) is 1.14. The third-order valence-corrected chi connectivity index (χ3v) is 4.18. The van der Waals surface area contributed by atoms with Crippen LogP contribution in [0.4, 0.5) is 17.6 Å². The molecule has 0 saturated carbocycles. The Hall–Kier alpha value is -3.17. The van der Waals surface area contributed by atoms with Gasteiger partial charge in [-0.2, -0.15) is 13.2 Å². The molecule has 0 saturated heterocycles. The van der Waals surface area contributed by atoms with Crippen LogP contribution < -0.4 is 4.74 Å². The molecule has 0 radical (unpaired) electrons. The van der Waals surface area contributed by atoms with E-state index in [0.29, 0.717) is 16.6 Å². The maximum Gasteiger partial charge on any atom is 0.422 e. The van der Waals surface area contributed by atoms with Crippen LogP contribution in [0, 0.1) is 5.82 Å². The SMILES string of the molecule is C[C@H](c1cnc(OCC(F)(F)F)cn1)N(C)C(=O)c1cc2ccc(F)cc2[nH]1. The van der Waals surface area contributed by atoms with Crippen molar-refractivity contribution in [1.82, 2.24) is 19.9 Å². The Morgan fingerprint density at radius 1 is 1.25 bits per heavy atom. The number of carbonyl (C=O) groups excluding carboxylic acids is 1. The molecule has 10 heteroatoms. The van der Waals surface area contributed by atoms with Crippen LogP contribution in [0.5, 0.6) is 5.88 Å². The van der Waals surface area contributed by atoms with Crippen molar-refractivity contribution in [1.29, 1.82) is 0 Å². The van der Waals surface area contributed by atoms with Gasteiger partial charge >= 0.3 is 6.18 Å². The lowest BCUT2D eigenvalue weighted by Crippen LogP contribution is -2.30. The Balaban J connectivity index is 1.71. The first-order valence-corrected chi connectivity index (χ1v) is 8.21. The summed E-state index contributed by atoms with van der Waals surface area (Å²) in [6.07, 6.45) is -2.15. The van der Waals surface area contributed by atoms with Crippen LogP contribution in [0.15, 0.2) is 36.7 Å². The fraction of sp³-hybridized carbons (Fsp3) is 0.278. The van der Waals surface area contributed by atoms with Crippen molar-refractivity contribution in [3.8, 4) is 5.88 Å². The molecule has 0 aliphatic rings. The zero-order valence-corrected chi connectivity index (χ0v) is 14.9. The Labute approximate surface area is 157 Å². The number of halogens is 4. The number of amides is 1. The molecule has 0 bridgehead atoms. The molecule has 6 nitrogen and oxygen atoms in total. The summed E-state index contributed by atoms with van der Waals surface area (Å²) in [5.74, 6) is -1.04. The average molecular weight is 396 g/mol. The van der Waals surface area contributed by atoms with Crippen LogP contribution in [0.2, 0.25) is 0 Å². The van der Waals surface area contributed by atoms with Gasteiger partial charge in [0.2, 0.25) is 5.88 Å². The van der Waals surface area contributed by atoms with Gasteiger partial charge in [-0.3, -0.25) is 9.78 Å². The molecule has 28 heavy (non-hydrogen) atoms. The number of H-pyrrole nitrogens is 1. The lowest BCUT2D eigenvalue weighted by Gasteiger charge is -2.23. The van der Waals surface area contributed by atoms with Crippen molar-refractivity contribution in [2.75, 3.05) is 13.7 Å². The van der Waals surface area contributed by atoms with E-state index in [0.717, 1.165) is 6.20 Å². The van der Waals surface area contributed by atoms with Crippen molar-refractivity contribution >= 4 is 16.8 Å². The van der Waals surface area contributed by atoms with Gasteiger partial charge in [0.1, 0.15) is 11.5 Å². The number of hydrogen-bond donors (Lipinski definition) is 1. The molecule has 2 heterocycles. The first kappa shape index (κ1) is 19.6. The summed E-state index contributed by atoms with van der Waals surface area (Å²) >= 11 is 0. The topological polar surface area (TPSA) is 71.1 Å². The largest absolute Gasteiger partial charge is 0.467 e. The zero-order valence-electron chi connectivity index (χ0n) is 14.9. The second-order valence-corrected chi connectivity index (χ2v) is 6.19. The molecule has 0 spiro atoms. The maximum atomic E-state index is 13.3. The predicted octanol–water partition coefficient (Wildman–Crippen LogP) is 3.87. The molecular weight excluding hydrogens is 380 g/mol. The molecule has 3 aromatic rings. The summed E-state index contributed by atoms with van der Waals surface area (Å²) in [4.78, 5) is 24.8. The number of benzene rings is 1. The summed E-state index contributed by atoms with van der Waals surface area (Å²) < 4.78 is 54.3. The number of fused-ring (bicyclic) bond motifs is 1. The van der Waals surface area contributed by atoms with Crippen molar-refractivity contribution in [3.63, 3.8) is 0 Å². The van der Waals surface area contributed by atoms with E-state index in [2.05, 4.69) is 19.7 Å². The molecule has 148 valence electrons. The van der Waals surface area contributed by atoms with E-state index in [-0.39, 0.29) is 17.5 Å². The smallest absolute Gasteiger partial charge is 0.422 e. The molecule has 1 amide bonds. The number of hydrogen-bond acceptors (Lipinski definition) is 4. The van der Waals surface area contributed by atoms with E-state index < -0.39 is 24.6 Å². The van der Waals surface area contributed by atoms with Gasteiger partial charge in [-0.05, 0) is 31.2 Å². The standard InChI is InChI=1S/C18H16F4N4O2/c1-10(15-7-24-16(8-23-15)28-9-18(20,21)22)26(2)17(27)14-5-11-3-4-12(19)6-13(11)25-14/h3-8,10,25H,9H2,1-2H3/t10-/m1/s1. The van der Waals surface area contributed by atoms with Crippen molar-refractivity contribution < 1.29 is 27.1 Å². The van der Waals surface area contributed by atoms with E-state index in [1.807, 2.05) is 0 Å². The Kier molecular flexibility index (Phi) is 5.21. The van der Waals surface area contributed by atoms with Crippen LogP contribution in [-0.4, -0.2) is 45.6 Å². The highest BCUT2D eigenvalue weighted by molar-refractivity contribution is 5.98. The number of aromatic amines is 1. The predicted molar refractivity (Wildman–Crippen MR) is 92.3 cm³/mol. The van der Waals surface area contributed by atoms with Crippen LogP contribution in [0.25, 0.3) is 10.9 Å². The first-order chi connectivity index (χ1) is 13.1. The summed E-state index contributed by atoms with van der Waals surface area (Å²) in [7, 11) is 1.55. The third-order valence-electron chi connectivity index (χ3n) is 4.18. The van der Waals surface area contributed by atoms with Crippen LogP contribution in [0.3, 0.4) is 0 Å². The van der Waals surface area contributed by atoms with Crippen LogP contribution in [0.1, 0.15) is 29.1 Å². The van der Waals surface area contributed by atoms with E-state index in [4.69, 9.17) is 0 Å². The number of aromatic nitrogens is 3.